The SMILES string of the molecule is O=S(=O)(c1ccc2c(c1)C1C3CCC(C3)C1C(c1ccccc1)N2)N1CCCCC1. The molecule has 2 aromatic rings. The first-order chi connectivity index (χ1) is 14.6. The van der Waals surface area contributed by atoms with Crippen LogP contribution in [-0.2, 0) is 10.0 Å². The minimum absolute atomic E-state index is 0.323. The van der Waals surface area contributed by atoms with E-state index in [1.54, 1.807) is 4.31 Å². The monoisotopic (exact) mass is 422 g/mol. The van der Waals surface area contributed by atoms with E-state index in [2.05, 4.69) is 35.6 Å². The number of benzene rings is 2. The Kier molecular flexibility index (Phi) is 4.47. The highest BCUT2D eigenvalue weighted by Gasteiger charge is 2.54. The van der Waals surface area contributed by atoms with Gasteiger partial charge in [0.05, 0.1) is 10.9 Å². The molecule has 0 amide bonds. The van der Waals surface area contributed by atoms with E-state index in [-0.39, 0.29) is 0 Å². The van der Waals surface area contributed by atoms with Gasteiger partial charge in [-0.2, -0.15) is 4.31 Å². The molecule has 0 radical (unpaired) electrons. The summed E-state index contributed by atoms with van der Waals surface area (Å²) in [6.07, 6.45) is 6.97. The molecule has 2 bridgehead atoms. The van der Waals surface area contributed by atoms with Crippen molar-refractivity contribution in [2.45, 2.75) is 55.4 Å². The number of rotatable bonds is 3. The molecule has 3 fully saturated rings. The normalized spacial score (nSPS) is 33.0. The van der Waals surface area contributed by atoms with Gasteiger partial charge in [0.1, 0.15) is 0 Å². The summed E-state index contributed by atoms with van der Waals surface area (Å²) < 4.78 is 28.3. The maximum atomic E-state index is 13.3. The van der Waals surface area contributed by atoms with Crippen LogP contribution in [0.1, 0.15) is 61.6 Å². The van der Waals surface area contributed by atoms with Crippen molar-refractivity contribution in [3.63, 3.8) is 0 Å². The number of piperidine rings is 1. The quantitative estimate of drug-likeness (QED) is 0.743. The van der Waals surface area contributed by atoms with Crippen LogP contribution in [0.2, 0.25) is 0 Å². The molecule has 2 saturated carbocycles. The Balaban J connectivity index is 1.41. The fraction of sp³-hybridized carbons (Fsp3) is 0.520. The molecule has 5 heteroatoms. The van der Waals surface area contributed by atoms with E-state index in [0.29, 0.717) is 41.8 Å². The Hall–Kier alpha value is -1.85. The maximum Gasteiger partial charge on any atom is 0.243 e. The van der Waals surface area contributed by atoms with Crippen molar-refractivity contribution in [2.75, 3.05) is 18.4 Å². The first-order valence-corrected chi connectivity index (χ1v) is 13.0. The lowest BCUT2D eigenvalue weighted by molar-refractivity contribution is 0.247. The van der Waals surface area contributed by atoms with E-state index in [1.165, 1.54) is 30.4 Å². The van der Waals surface area contributed by atoms with E-state index in [4.69, 9.17) is 0 Å². The zero-order valence-electron chi connectivity index (χ0n) is 17.3. The summed E-state index contributed by atoms with van der Waals surface area (Å²) in [6, 6.07) is 17.0. The number of hydrogen-bond acceptors (Lipinski definition) is 3. The van der Waals surface area contributed by atoms with E-state index >= 15 is 0 Å². The van der Waals surface area contributed by atoms with Crippen LogP contribution in [0.4, 0.5) is 5.69 Å². The minimum Gasteiger partial charge on any atom is -0.378 e. The highest BCUT2D eigenvalue weighted by molar-refractivity contribution is 7.89. The molecule has 4 nitrogen and oxygen atoms in total. The van der Waals surface area contributed by atoms with Gasteiger partial charge in [0.25, 0.3) is 0 Å². The second-order valence-corrected chi connectivity index (χ2v) is 11.6. The largest absolute Gasteiger partial charge is 0.378 e. The van der Waals surface area contributed by atoms with Gasteiger partial charge in [-0.15, -0.1) is 0 Å². The first-order valence-electron chi connectivity index (χ1n) is 11.6. The smallest absolute Gasteiger partial charge is 0.243 e. The Labute approximate surface area is 179 Å². The van der Waals surface area contributed by atoms with Crippen molar-refractivity contribution < 1.29 is 8.42 Å². The summed E-state index contributed by atoms with van der Waals surface area (Å²) in [5, 5.41) is 3.82. The van der Waals surface area contributed by atoms with E-state index < -0.39 is 10.0 Å². The predicted octanol–water partition coefficient (Wildman–Crippen LogP) is 5.16. The number of anilines is 1. The summed E-state index contributed by atoms with van der Waals surface area (Å²) in [5.41, 5.74) is 3.74. The molecule has 0 spiro atoms. The minimum atomic E-state index is -3.40. The summed E-state index contributed by atoms with van der Waals surface area (Å²) in [5.74, 6) is 2.47. The van der Waals surface area contributed by atoms with Gasteiger partial charge < -0.3 is 5.32 Å². The lowest BCUT2D eigenvalue weighted by atomic mass is 9.68. The number of fused-ring (bicyclic) bond motifs is 7. The number of nitrogens with zero attached hydrogens (tertiary/aromatic N) is 1. The third-order valence-electron chi connectivity index (χ3n) is 8.17. The molecule has 158 valence electrons. The summed E-state index contributed by atoms with van der Waals surface area (Å²) in [4.78, 5) is 0.490. The molecule has 2 aliphatic carbocycles. The van der Waals surface area contributed by atoms with Crippen LogP contribution in [0, 0.1) is 17.8 Å². The van der Waals surface area contributed by atoms with Gasteiger partial charge in [-0.25, -0.2) is 8.42 Å². The second-order valence-electron chi connectivity index (χ2n) is 9.68. The zero-order chi connectivity index (χ0) is 20.3. The van der Waals surface area contributed by atoms with Crippen LogP contribution >= 0.6 is 0 Å². The van der Waals surface area contributed by atoms with Crippen molar-refractivity contribution in [2.24, 2.45) is 17.8 Å². The highest BCUT2D eigenvalue weighted by atomic mass is 32.2. The van der Waals surface area contributed by atoms with Gasteiger partial charge in [0, 0.05) is 18.8 Å². The first kappa shape index (κ1) is 18.9. The average molecular weight is 423 g/mol. The zero-order valence-corrected chi connectivity index (χ0v) is 18.2. The summed E-state index contributed by atoms with van der Waals surface area (Å²) in [7, 11) is -3.40. The Morgan fingerprint density at radius 1 is 0.900 bits per heavy atom. The molecular formula is C25H30N2O2S. The van der Waals surface area contributed by atoms with Crippen molar-refractivity contribution >= 4 is 15.7 Å². The van der Waals surface area contributed by atoms with Crippen molar-refractivity contribution in [3.8, 4) is 0 Å². The van der Waals surface area contributed by atoms with Crippen LogP contribution in [0.5, 0.6) is 0 Å². The molecule has 30 heavy (non-hydrogen) atoms. The van der Waals surface area contributed by atoms with E-state index in [9.17, 15) is 8.42 Å². The molecule has 4 aliphatic rings. The number of sulfonamides is 1. The molecule has 2 heterocycles. The fourth-order valence-corrected chi connectivity index (χ4v) is 8.42. The molecule has 1 N–H and O–H groups in total. The molecule has 0 aromatic heterocycles. The highest BCUT2D eigenvalue weighted by Crippen LogP contribution is 2.63. The van der Waals surface area contributed by atoms with Gasteiger partial charge in [0.2, 0.25) is 10.0 Å². The Morgan fingerprint density at radius 3 is 2.47 bits per heavy atom. The van der Waals surface area contributed by atoms with E-state index in [1.807, 2.05) is 18.2 Å². The average Bonchev–Trinajstić information content (AvgIpc) is 3.42. The van der Waals surface area contributed by atoms with Crippen LogP contribution in [0.25, 0.3) is 0 Å². The van der Waals surface area contributed by atoms with Crippen LogP contribution < -0.4 is 5.32 Å². The van der Waals surface area contributed by atoms with Gasteiger partial charge in [0.15, 0.2) is 0 Å². The molecular weight excluding hydrogens is 392 g/mol. The van der Waals surface area contributed by atoms with Crippen LogP contribution in [0.3, 0.4) is 0 Å². The fourth-order valence-electron chi connectivity index (χ4n) is 6.87. The maximum absolute atomic E-state index is 13.3. The van der Waals surface area contributed by atoms with Gasteiger partial charge >= 0.3 is 0 Å². The van der Waals surface area contributed by atoms with Crippen molar-refractivity contribution in [3.05, 3.63) is 59.7 Å². The Morgan fingerprint density at radius 2 is 1.67 bits per heavy atom. The molecule has 5 unspecified atom stereocenters. The summed E-state index contributed by atoms with van der Waals surface area (Å²) in [6.45, 7) is 1.31. The summed E-state index contributed by atoms with van der Waals surface area (Å²) >= 11 is 0. The van der Waals surface area contributed by atoms with Crippen molar-refractivity contribution in [1.29, 1.82) is 0 Å². The number of nitrogens with one attached hydrogen (secondary N) is 1. The molecule has 6 rings (SSSR count). The van der Waals surface area contributed by atoms with Crippen LogP contribution in [-0.4, -0.2) is 25.8 Å². The van der Waals surface area contributed by atoms with Gasteiger partial charge in [-0.05, 0) is 85.1 Å². The van der Waals surface area contributed by atoms with Gasteiger partial charge in [-0.1, -0.05) is 36.8 Å². The predicted molar refractivity (Wildman–Crippen MR) is 119 cm³/mol. The molecule has 2 aliphatic heterocycles. The lowest BCUT2D eigenvalue weighted by Gasteiger charge is -2.43. The Bertz CT molecular complexity index is 1050. The second kappa shape index (κ2) is 7.10. The lowest BCUT2D eigenvalue weighted by Crippen LogP contribution is -2.37. The van der Waals surface area contributed by atoms with Gasteiger partial charge in [-0.3, -0.25) is 0 Å². The third-order valence-corrected chi connectivity index (χ3v) is 10.1. The van der Waals surface area contributed by atoms with Crippen LogP contribution in [0.15, 0.2) is 53.4 Å². The third kappa shape index (κ3) is 2.85. The number of hydrogen-bond donors (Lipinski definition) is 1. The van der Waals surface area contributed by atoms with E-state index in [0.717, 1.165) is 30.9 Å². The van der Waals surface area contributed by atoms with Crippen molar-refractivity contribution in [1.82, 2.24) is 4.31 Å². The topological polar surface area (TPSA) is 49.4 Å². The standard InChI is InChI=1S/C25H30N2O2S/c28-30(29,27-13-5-2-6-14-27)20-11-12-22-21(16-20)23-18-9-10-19(15-18)24(23)25(26-22)17-7-3-1-4-8-17/h1,3-4,7-8,11-12,16,18-19,23-26H,2,5-6,9-10,13-15H2. The molecule has 2 aromatic carbocycles. The molecule has 5 atom stereocenters. The molecule has 1 saturated heterocycles.